The minimum Gasteiger partial charge on any atom is -0.469 e. The summed E-state index contributed by atoms with van der Waals surface area (Å²) in [5, 5.41) is 17.9. The number of hydrogen-bond donors (Lipinski definition) is 0. The second-order valence-corrected chi connectivity index (χ2v) is 5.87. The molecule has 3 rings (SSSR count). The maximum atomic E-state index is 12.8. The van der Waals surface area contributed by atoms with E-state index in [1.54, 1.807) is 6.07 Å². The van der Waals surface area contributed by atoms with Gasteiger partial charge in [0, 0.05) is 19.4 Å². The van der Waals surface area contributed by atoms with Gasteiger partial charge in [-0.05, 0) is 25.3 Å². The topological polar surface area (TPSA) is 84.7 Å². The Morgan fingerprint density at radius 1 is 1.43 bits per heavy atom. The van der Waals surface area contributed by atoms with Crippen molar-refractivity contribution in [2.24, 2.45) is 0 Å². The molecule has 1 aliphatic rings. The smallest absolute Gasteiger partial charge is 0.191 e. The molecule has 0 unspecified atom stereocenters. The molecule has 0 aromatic carbocycles. The van der Waals surface area contributed by atoms with Gasteiger partial charge in [-0.15, -0.1) is 10.2 Å². The predicted molar refractivity (Wildman–Crippen MR) is 83.0 cm³/mol. The number of ketones is 1. The summed E-state index contributed by atoms with van der Waals surface area (Å²) >= 11 is 0. The van der Waals surface area contributed by atoms with Crippen LogP contribution in [0.3, 0.4) is 0 Å². The molecule has 0 aliphatic carbocycles. The molecular weight excluding hydrogens is 292 g/mol. The van der Waals surface area contributed by atoms with Gasteiger partial charge in [-0.2, -0.15) is 5.26 Å². The SMILES string of the molecule is CCCc1occc1C(=O)[C@@H](C#N)c1nnc2n1CCCCC2. The van der Waals surface area contributed by atoms with E-state index >= 15 is 0 Å². The average Bonchev–Trinajstić information content (AvgIpc) is 3.10. The van der Waals surface area contributed by atoms with Crippen LogP contribution in [0, 0.1) is 11.3 Å². The Morgan fingerprint density at radius 3 is 3.09 bits per heavy atom. The van der Waals surface area contributed by atoms with Gasteiger partial charge < -0.3 is 8.98 Å². The first-order chi connectivity index (χ1) is 11.3. The summed E-state index contributed by atoms with van der Waals surface area (Å²) in [7, 11) is 0. The number of hydrogen-bond acceptors (Lipinski definition) is 5. The van der Waals surface area contributed by atoms with Gasteiger partial charge in [0.05, 0.1) is 17.9 Å². The largest absolute Gasteiger partial charge is 0.469 e. The third-order valence-corrected chi connectivity index (χ3v) is 4.28. The number of nitriles is 1. The third-order valence-electron chi connectivity index (χ3n) is 4.28. The van der Waals surface area contributed by atoms with Crippen LogP contribution in [0.4, 0.5) is 0 Å². The van der Waals surface area contributed by atoms with E-state index in [1.165, 1.54) is 6.26 Å². The van der Waals surface area contributed by atoms with Crippen molar-refractivity contribution in [1.82, 2.24) is 14.8 Å². The normalized spacial score (nSPS) is 15.5. The van der Waals surface area contributed by atoms with Crippen LogP contribution in [0.25, 0.3) is 0 Å². The predicted octanol–water partition coefficient (Wildman–Crippen LogP) is 3.04. The lowest BCUT2D eigenvalue weighted by atomic mass is 9.97. The highest BCUT2D eigenvalue weighted by atomic mass is 16.3. The van der Waals surface area contributed by atoms with Crippen LogP contribution in [0.15, 0.2) is 16.7 Å². The average molecular weight is 312 g/mol. The molecule has 0 radical (unpaired) electrons. The molecule has 2 aromatic heterocycles. The molecular formula is C17H20N4O2. The molecule has 0 fully saturated rings. The van der Waals surface area contributed by atoms with Gasteiger partial charge >= 0.3 is 0 Å². The lowest BCUT2D eigenvalue weighted by Crippen LogP contribution is -2.18. The summed E-state index contributed by atoms with van der Waals surface area (Å²) in [6, 6.07) is 3.77. The monoisotopic (exact) mass is 312 g/mol. The fourth-order valence-electron chi connectivity index (χ4n) is 3.09. The zero-order valence-electron chi connectivity index (χ0n) is 13.3. The van der Waals surface area contributed by atoms with E-state index in [1.807, 2.05) is 11.5 Å². The van der Waals surface area contributed by atoms with Gasteiger partial charge in [0.25, 0.3) is 0 Å². The molecule has 120 valence electrons. The number of rotatable bonds is 5. The Kier molecular flexibility index (Phi) is 4.56. The Morgan fingerprint density at radius 2 is 2.30 bits per heavy atom. The number of Topliss-reactive ketones (excluding diaryl/α,β-unsaturated/α-hetero) is 1. The number of furan rings is 1. The quantitative estimate of drug-likeness (QED) is 0.792. The van der Waals surface area contributed by atoms with Crippen LogP contribution in [0.5, 0.6) is 0 Å². The van der Waals surface area contributed by atoms with Crippen molar-refractivity contribution in [2.75, 3.05) is 0 Å². The van der Waals surface area contributed by atoms with Crippen LogP contribution in [-0.4, -0.2) is 20.5 Å². The number of fused-ring (bicyclic) bond motifs is 1. The van der Waals surface area contributed by atoms with Crippen LogP contribution in [0.2, 0.25) is 0 Å². The Hall–Kier alpha value is -2.42. The van der Waals surface area contributed by atoms with E-state index < -0.39 is 5.92 Å². The highest BCUT2D eigenvalue weighted by Crippen LogP contribution is 2.25. The second kappa shape index (κ2) is 6.78. The van der Waals surface area contributed by atoms with E-state index in [9.17, 15) is 10.1 Å². The van der Waals surface area contributed by atoms with Crippen LogP contribution in [0.1, 0.15) is 66.3 Å². The summed E-state index contributed by atoms with van der Waals surface area (Å²) in [6.07, 6.45) is 7.16. The van der Waals surface area contributed by atoms with Gasteiger partial charge in [-0.1, -0.05) is 13.3 Å². The lowest BCUT2D eigenvalue weighted by molar-refractivity contribution is 0.0972. The Balaban J connectivity index is 1.94. The highest BCUT2D eigenvalue weighted by molar-refractivity contribution is 6.03. The van der Waals surface area contributed by atoms with Crippen molar-refractivity contribution in [2.45, 2.75) is 57.9 Å². The fourth-order valence-corrected chi connectivity index (χ4v) is 3.09. The number of nitrogens with zero attached hydrogens (tertiary/aromatic N) is 4. The van der Waals surface area contributed by atoms with Crippen LogP contribution >= 0.6 is 0 Å². The van der Waals surface area contributed by atoms with Crippen LogP contribution < -0.4 is 0 Å². The first kappa shape index (κ1) is 15.5. The van der Waals surface area contributed by atoms with Gasteiger partial charge in [0.1, 0.15) is 11.6 Å². The molecule has 0 bridgehead atoms. The van der Waals surface area contributed by atoms with Gasteiger partial charge in [-0.25, -0.2) is 0 Å². The lowest BCUT2D eigenvalue weighted by Gasteiger charge is -2.11. The molecule has 0 saturated heterocycles. The van der Waals surface area contributed by atoms with Crippen LogP contribution in [-0.2, 0) is 19.4 Å². The van der Waals surface area contributed by atoms with Crippen molar-refractivity contribution in [3.63, 3.8) is 0 Å². The molecule has 0 saturated carbocycles. The molecule has 1 aliphatic heterocycles. The van der Waals surface area contributed by atoms with Gasteiger partial charge in [-0.3, -0.25) is 4.79 Å². The number of carbonyl (C=O) groups excluding carboxylic acids is 1. The Bertz CT molecular complexity index is 738. The van der Waals surface area contributed by atoms with E-state index in [0.717, 1.165) is 44.5 Å². The summed E-state index contributed by atoms with van der Waals surface area (Å²) in [5.74, 6) is 0.824. The molecule has 0 amide bonds. The molecule has 2 aromatic rings. The Labute approximate surface area is 135 Å². The van der Waals surface area contributed by atoms with Crippen molar-refractivity contribution in [3.05, 3.63) is 35.3 Å². The first-order valence-corrected chi connectivity index (χ1v) is 8.18. The minimum atomic E-state index is -0.928. The summed E-state index contributed by atoms with van der Waals surface area (Å²) < 4.78 is 7.35. The summed E-state index contributed by atoms with van der Waals surface area (Å²) in [5.41, 5.74) is 0.490. The van der Waals surface area contributed by atoms with Crippen molar-refractivity contribution in [3.8, 4) is 6.07 Å². The summed E-state index contributed by atoms with van der Waals surface area (Å²) in [6.45, 7) is 2.80. The molecule has 6 heteroatoms. The van der Waals surface area contributed by atoms with E-state index in [4.69, 9.17) is 4.42 Å². The van der Waals surface area contributed by atoms with E-state index in [0.29, 0.717) is 23.6 Å². The molecule has 0 N–H and O–H groups in total. The maximum absolute atomic E-state index is 12.8. The maximum Gasteiger partial charge on any atom is 0.191 e. The standard InChI is InChI=1S/C17H20N4O2/c1-2-6-14-12(8-10-23-14)16(22)13(11-18)17-20-19-15-7-4-3-5-9-21(15)17/h8,10,13H,2-7,9H2,1H3/t13-/m1/s1. The number of carbonyl (C=O) groups is 1. The molecule has 0 spiro atoms. The molecule has 6 nitrogen and oxygen atoms in total. The highest BCUT2D eigenvalue weighted by Gasteiger charge is 2.31. The zero-order chi connectivity index (χ0) is 16.2. The van der Waals surface area contributed by atoms with Gasteiger partial charge in [0.2, 0.25) is 0 Å². The molecule has 1 atom stereocenters. The van der Waals surface area contributed by atoms with Gasteiger partial charge in [0.15, 0.2) is 17.5 Å². The fraction of sp³-hybridized carbons (Fsp3) is 0.529. The van der Waals surface area contributed by atoms with Crippen molar-refractivity contribution < 1.29 is 9.21 Å². The molecule has 23 heavy (non-hydrogen) atoms. The second-order valence-electron chi connectivity index (χ2n) is 5.87. The zero-order valence-corrected chi connectivity index (χ0v) is 13.3. The van der Waals surface area contributed by atoms with Crippen molar-refractivity contribution in [1.29, 1.82) is 5.26 Å². The number of aryl methyl sites for hydroxylation is 2. The number of aromatic nitrogens is 3. The van der Waals surface area contributed by atoms with Crippen molar-refractivity contribution >= 4 is 5.78 Å². The summed E-state index contributed by atoms with van der Waals surface area (Å²) in [4.78, 5) is 12.8. The van der Waals surface area contributed by atoms with E-state index in [-0.39, 0.29) is 5.78 Å². The third kappa shape index (κ3) is 2.91. The van der Waals surface area contributed by atoms with E-state index in [2.05, 4.69) is 16.3 Å². The molecule has 3 heterocycles. The first-order valence-electron chi connectivity index (χ1n) is 8.18. The minimum absolute atomic E-state index is 0.246.